The molecule has 61 heavy (non-hydrogen) atoms. The quantitative estimate of drug-likeness (QED) is 0.0264. The van der Waals surface area contributed by atoms with Gasteiger partial charge in [0.05, 0.1) is 13.2 Å². The van der Waals surface area contributed by atoms with Gasteiger partial charge >= 0.3 is 11.9 Å². The van der Waals surface area contributed by atoms with Gasteiger partial charge in [0.1, 0.15) is 31.0 Å². The minimum Gasteiger partial charge on any atom is -0.462 e. The van der Waals surface area contributed by atoms with Gasteiger partial charge in [0.25, 0.3) is 0 Å². The first-order valence-electron chi connectivity index (χ1n) is 25.8. The maximum Gasteiger partial charge on any atom is 0.306 e. The van der Waals surface area contributed by atoms with Crippen molar-refractivity contribution in [3.05, 3.63) is 12.2 Å². The molecule has 0 aromatic heterocycles. The summed E-state index contributed by atoms with van der Waals surface area (Å²) in [4.78, 5) is 25.4. The summed E-state index contributed by atoms with van der Waals surface area (Å²) < 4.78 is 22.2. The summed E-state index contributed by atoms with van der Waals surface area (Å²) in [5.74, 6) is -0.802. The Hall–Kier alpha value is -1.56. The van der Waals surface area contributed by atoms with E-state index in [0.717, 1.165) is 57.8 Å². The first kappa shape index (κ1) is 57.5. The highest BCUT2D eigenvalue weighted by molar-refractivity contribution is 5.70. The molecule has 1 rings (SSSR count). The molecule has 1 fully saturated rings. The number of hydrogen-bond donors (Lipinski definition) is 4. The lowest BCUT2D eigenvalue weighted by molar-refractivity contribution is -0.305. The summed E-state index contributed by atoms with van der Waals surface area (Å²) in [7, 11) is 0. The number of aliphatic hydroxyl groups excluding tert-OH is 4. The minimum absolute atomic E-state index is 0.216. The van der Waals surface area contributed by atoms with Gasteiger partial charge < -0.3 is 39.4 Å². The van der Waals surface area contributed by atoms with E-state index in [1.807, 2.05) is 0 Å². The Labute approximate surface area is 373 Å². The summed E-state index contributed by atoms with van der Waals surface area (Å²) in [5.41, 5.74) is 0. The zero-order valence-corrected chi connectivity index (χ0v) is 39.4. The van der Waals surface area contributed by atoms with Crippen molar-refractivity contribution >= 4 is 11.9 Å². The molecule has 0 aromatic rings. The van der Waals surface area contributed by atoms with Crippen molar-refractivity contribution in [2.24, 2.45) is 0 Å². The van der Waals surface area contributed by atoms with E-state index in [4.69, 9.17) is 18.9 Å². The van der Waals surface area contributed by atoms with E-state index in [1.54, 1.807) is 0 Å². The highest BCUT2D eigenvalue weighted by Gasteiger charge is 2.44. The van der Waals surface area contributed by atoms with Crippen molar-refractivity contribution in [3.8, 4) is 0 Å². The number of aliphatic hydroxyl groups is 4. The fraction of sp³-hybridized carbons (Fsp3) is 0.922. The van der Waals surface area contributed by atoms with Crippen LogP contribution in [0.5, 0.6) is 0 Å². The topological polar surface area (TPSA) is 152 Å². The lowest BCUT2D eigenvalue weighted by atomic mass is 9.99. The predicted octanol–water partition coefficient (Wildman–Crippen LogP) is 11.9. The number of carbonyl (C=O) groups excluding carboxylic acids is 2. The molecule has 0 saturated carbocycles. The highest BCUT2D eigenvalue weighted by atomic mass is 16.7. The lowest BCUT2D eigenvalue weighted by Gasteiger charge is -2.39. The molecule has 0 radical (unpaired) electrons. The summed E-state index contributed by atoms with van der Waals surface area (Å²) in [6.07, 6.45) is 39.3. The van der Waals surface area contributed by atoms with Gasteiger partial charge in [-0.25, -0.2) is 0 Å². The van der Waals surface area contributed by atoms with Crippen molar-refractivity contribution in [2.75, 3.05) is 19.8 Å². The van der Waals surface area contributed by atoms with Crippen LogP contribution in [0.3, 0.4) is 0 Å². The molecule has 6 atom stereocenters. The summed E-state index contributed by atoms with van der Waals surface area (Å²) in [6, 6.07) is 0. The predicted molar refractivity (Wildman–Crippen MR) is 247 cm³/mol. The molecule has 1 heterocycles. The van der Waals surface area contributed by atoms with Crippen LogP contribution in [-0.2, 0) is 28.5 Å². The van der Waals surface area contributed by atoms with E-state index in [1.165, 1.54) is 154 Å². The molecule has 2 unspecified atom stereocenters. The Balaban J connectivity index is 2.24. The fourth-order valence-corrected chi connectivity index (χ4v) is 8.07. The van der Waals surface area contributed by atoms with Crippen LogP contribution >= 0.6 is 0 Å². The molecule has 0 aromatic carbocycles. The SMILES string of the molecule is CCCCCCCC/C=C/CCCCCCCC(=O)OC[C@H](CO[C@@H]1O[C@H](CO)[C@H](O)C(O)C1O)OC(=O)CCCCCCCCCCCCCCCCCCCCCCC. The van der Waals surface area contributed by atoms with Crippen LogP contribution in [0.25, 0.3) is 0 Å². The number of unbranched alkanes of at least 4 members (excludes halogenated alkanes) is 31. The van der Waals surface area contributed by atoms with E-state index in [-0.39, 0.29) is 32.0 Å². The number of esters is 2. The third kappa shape index (κ3) is 33.6. The van der Waals surface area contributed by atoms with Gasteiger partial charge in [-0.1, -0.05) is 206 Å². The summed E-state index contributed by atoms with van der Waals surface area (Å²) in [5, 5.41) is 40.2. The van der Waals surface area contributed by atoms with Crippen LogP contribution in [0.15, 0.2) is 12.2 Å². The van der Waals surface area contributed by atoms with Crippen LogP contribution in [0.2, 0.25) is 0 Å². The van der Waals surface area contributed by atoms with E-state index < -0.39 is 49.4 Å². The third-order valence-electron chi connectivity index (χ3n) is 12.2. The van der Waals surface area contributed by atoms with Crippen LogP contribution < -0.4 is 0 Å². The van der Waals surface area contributed by atoms with Gasteiger partial charge in [-0.2, -0.15) is 0 Å². The van der Waals surface area contributed by atoms with Crippen LogP contribution in [-0.4, -0.2) is 89.0 Å². The van der Waals surface area contributed by atoms with Crippen LogP contribution in [0.1, 0.15) is 245 Å². The molecule has 1 aliphatic heterocycles. The molecule has 10 heteroatoms. The van der Waals surface area contributed by atoms with Gasteiger partial charge in [0.15, 0.2) is 12.4 Å². The van der Waals surface area contributed by atoms with Gasteiger partial charge in [-0.15, -0.1) is 0 Å². The average Bonchev–Trinajstić information content (AvgIpc) is 3.26. The number of hydrogen-bond acceptors (Lipinski definition) is 10. The normalized spacial score (nSPS) is 19.7. The largest absolute Gasteiger partial charge is 0.462 e. The number of allylic oxidation sites excluding steroid dienone is 2. The third-order valence-corrected chi connectivity index (χ3v) is 12.2. The molecular formula is C51H96O10. The zero-order valence-electron chi connectivity index (χ0n) is 39.4. The molecule has 0 aliphatic carbocycles. The molecule has 1 aliphatic rings. The van der Waals surface area contributed by atoms with E-state index in [9.17, 15) is 30.0 Å². The van der Waals surface area contributed by atoms with Crippen LogP contribution in [0, 0.1) is 0 Å². The zero-order chi connectivity index (χ0) is 44.4. The first-order chi connectivity index (χ1) is 29.8. The molecule has 0 spiro atoms. The van der Waals surface area contributed by atoms with E-state index in [0.29, 0.717) is 6.42 Å². The van der Waals surface area contributed by atoms with Crippen molar-refractivity contribution in [2.45, 2.75) is 282 Å². The Kier molecular flexibility index (Phi) is 39.9. The van der Waals surface area contributed by atoms with Crippen molar-refractivity contribution < 1.29 is 49.0 Å². The Morgan fingerprint density at radius 2 is 0.869 bits per heavy atom. The Bertz CT molecular complexity index is 1010. The number of carbonyl (C=O) groups is 2. The van der Waals surface area contributed by atoms with Crippen LogP contribution in [0.4, 0.5) is 0 Å². The molecule has 0 amide bonds. The number of ether oxygens (including phenoxy) is 4. The molecule has 10 nitrogen and oxygen atoms in total. The van der Waals surface area contributed by atoms with Gasteiger partial charge in [-0.3, -0.25) is 9.59 Å². The second-order valence-electron chi connectivity index (χ2n) is 18.0. The molecule has 1 saturated heterocycles. The highest BCUT2D eigenvalue weighted by Crippen LogP contribution is 2.23. The van der Waals surface area contributed by atoms with Gasteiger partial charge in [0, 0.05) is 12.8 Å². The molecule has 360 valence electrons. The molecule has 4 N–H and O–H groups in total. The van der Waals surface area contributed by atoms with E-state index >= 15 is 0 Å². The Morgan fingerprint density at radius 3 is 1.28 bits per heavy atom. The van der Waals surface area contributed by atoms with Crippen molar-refractivity contribution in [3.63, 3.8) is 0 Å². The standard InChI is InChI=1S/C51H96O10/c1-3-5-7-9-11-13-15-17-19-20-21-22-23-24-26-28-30-32-34-36-38-40-47(54)60-44(43-59-51-50(57)49(56)48(55)45(41-52)61-51)42-58-46(53)39-37-35-33-31-29-27-25-18-16-14-12-10-8-6-4-2/h18,25,44-45,48-52,55-57H,3-17,19-24,26-43H2,1-2H3/b25-18+/t44-,45-,48+,49?,50?,51-/m1/s1. The Morgan fingerprint density at radius 1 is 0.492 bits per heavy atom. The summed E-state index contributed by atoms with van der Waals surface area (Å²) in [6.45, 7) is 3.45. The second kappa shape index (κ2) is 42.4. The van der Waals surface area contributed by atoms with E-state index in [2.05, 4.69) is 26.0 Å². The molecular weight excluding hydrogens is 773 g/mol. The van der Waals surface area contributed by atoms with Gasteiger partial charge in [-0.05, 0) is 38.5 Å². The minimum atomic E-state index is -1.59. The van der Waals surface area contributed by atoms with Crippen molar-refractivity contribution in [1.82, 2.24) is 0 Å². The maximum absolute atomic E-state index is 12.8. The second-order valence-corrected chi connectivity index (χ2v) is 18.0. The lowest BCUT2D eigenvalue weighted by Crippen LogP contribution is -2.59. The molecule has 0 bridgehead atoms. The van der Waals surface area contributed by atoms with Crippen molar-refractivity contribution in [1.29, 1.82) is 0 Å². The number of rotatable bonds is 44. The fourth-order valence-electron chi connectivity index (χ4n) is 8.07. The summed E-state index contributed by atoms with van der Waals surface area (Å²) >= 11 is 0. The monoisotopic (exact) mass is 869 g/mol. The first-order valence-corrected chi connectivity index (χ1v) is 25.8. The maximum atomic E-state index is 12.8. The average molecular weight is 869 g/mol. The van der Waals surface area contributed by atoms with Gasteiger partial charge in [0.2, 0.25) is 0 Å². The smallest absolute Gasteiger partial charge is 0.306 e.